The van der Waals surface area contributed by atoms with E-state index in [1.807, 2.05) is 0 Å². The Morgan fingerprint density at radius 1 is 1.56 bits per heavy atom. The highest BCUT2D eigenvalue weighted by molar-refractivity contribution is 6.31. The van der Waals surface area contributed by atoms with Crippen LogP contribution in [0.15, 0.2) is 18.2 Å². The van der Waals surface area contributed by atoms with E-state index in [0.29, 0.717) is 17.4 Å². The number of hydrogen-bond acceptors (Lipinski definition) is 5. The predicted molar refractivity (Wildman–Crippen MR) is 66.4 cm³/mol. The van der Waals surface area contributed by atoms with Gasteiger partial charge >= 0.3 is 0 Å². The summed E-state index contributed by atoms with van der Waals surface area (Å²) in [5, 5.41) is 18.5. The third-order valence-corrected chi connectivity index (χ3v) is 2.94. The maximum absolute atomic E-state index is 10.6. The van der Waals surface area contributed by atoms with Crippen LogP contribution in [0.4, 0.5) is 11.5 Å². The molecule has 0 atom stereocenters. The van der Waals surface area contributed by atoms with E-state index in [-0.39, 0.29) is 5.69 Å². The minimum Gasteiger partial charge on any atom is -0.381 e. The topological polar surface area (TPSA) is 99.9 Å². The first kappa shape index (κ1) is 12.3. The lowest BCUT2D eigenvalue weighted by Gasteiger charge is -2.05. The second-order valence-corrected chi connectivity index (χ2v) is 4.16. The maximum atomic E-state index is 10.6. The molecule has 8 heteroatoms. The predicted octanol–water partition coefficient (Wildman–Crippen LogP) is 1.78. The Labute approximate surface area is 107 Å². The summed E-state index contributed by atoms with van der Waals surface area (Å²) >= 11 is 5.99. The quantitative estimate of drug-likeness (QED) is 0.675. The maximum Gasteiger partial charge on any atom is 0.270 e. The van der Waals surface area contributed by atoms with Crippen molar-refractivity contribution in [3.63, 3.8) is 0 Å². The molecule has 0 spiro atoms. The molecule has 18 heavy (non-hydrogen) atoms. The Morgan fingerprint density at radius 2 is 2.28 bits per heavy atom. The molecule has 0 amide bonds. The van der Waals surface area contributed by atoms with Gasteiger partial charge in [-0.15, -0.1) is 5.10 Å². The lowest BCUT2D eigenvalue weighted by Crippen LogP contribution is -2.05. The van der Waals surface area contributed by atoms with Gasteiger partial charge < -0.3 is 5.73 Å². The second-order valence-electron chi connectivity index (χ2n) is 3.75. The third-order valence-electron chi connectivity index (χ3n) is 2.59. The molecule has 1 aromatic heterocycles. The first-order valence-corrected chi connectivity index (χ1v) is 5.45. The summed E-state index contributed by atoms with van der Waals surface area (Å²) in [5.41, 5.74) is 6.98. The van der Waals surface area contributed by atoms with Gasteiger partial charge in [0.05, 0.1) is 22.2 Å². The molecule has 0 saturated heterocycles. The largest absolute Gasteiger partial charge is 0.381 e. The van der Waals surface area contributed by atoms with Crippen LogP contribution in [0.2, 0.25) is 5.02 Å². The van der Waals surface area contributed by atoms with Crippen molar-refractivity contribution in [3.8, 4) is 0 Å². The van der Waals surface area contributed by atoms with E-state index in [1.165, 1.54) is 12.1 Å². The fourth-order valence-electron chi connectivity index (χ4n) is 1.46. The van der Waals surface area contributed by atoms with Crippen LogP contribution in [0.25, 0.3) is 0 Å². The highest BCUT2D eigenvalue weighted by Gasteiger charge is 2.11. The number of anilines is 1. The summed E-state index contributed by atoms with van der Waals surface area (Å²) < 4.78 is 1.59. The van der Waals surface area contributed by atoms with Gasteiger partial charge in [0.25, 0.3) is 5.69 Å². The summed E-state index contributed by atoms with van der Waals surface area (Å²) in [6, 6.07) is 4.31. The first-order chi connectivity index (χ1) is 8.49. The first-order valence-electron chi connectivity index (χ1n) is 5.07. The molecule has 2 rings (SSSR count). The van der Waals surface area contributed by atoms with Gasteiger partial charge in [0.1, 0.15) is 0 Å². The number of hydrogen-bond donors (Lipinski definition) is 1. The number of benzene rings is 1. The Balaban J connectivity index is 2.30. The summed E-state index contributed by atoms with van der Waals surface area (Å²) in [6.07, 6.45) is 0. The van der Waals surface area contributed by atoms with Gasteiger partial charge in [-0.1, -0.05) is 16.8 Å². The number of rotatable bonds is 3. The molecule has 0 aliphatic heterocycles. The standard InChI is InChI=1S/C10H10ClN5O2/c1-6-10(12)13-14-15(6)5-7-2-3-8(16(17)18)4-9(7)11/h2-4H,5,12H2,1H3. The van der Waals surface area contributed by atoms with Crippen LogP contribution in [0.1, 0.15) is 11.3 Å². The molecule has 0 fully saturated rings. The van der Waals surface area contributed by atoms with Crippen molar-refractivity contribution in [2.24, 2.45) is 0 Å². The highest BCUT2D eigenvalue weighted by Crippen LogP contribution is 2.23. The molecule has 0 aliphatic carbocycles. The zero-order chi connectivity index (χ0) is 13.3. The Morgan fingerprint density at radius 3 is 2.78 bits per heavy atom. The Hall–Kier alpha value is -2.15. The number of nitrogens with zero attached hydrogens (tertiary/aromatic N) is 4. The molecule has 2 aromatic rings. The molecule has 94 valence electrons. The average molecular weight is 268 g/mol. The van der Waals surface area contributed by atoms with Gasteiger partial charge in [-0.2, -0.15) is 0 Å². The number of nitrogen functional groups attached to an aromatic ring is 1. The molecule has 1 aromatic carbocycles. The fourth-order valence-corrected chi connectivity index (χ4v) is 1.70. The van der Waals surface area contributed by atoms with Crippen LogP contribution in [-0.2, 0) is 6.54 Å². The van der Waals surface area contributed by atoms with Gasteiger partial charge in [-0.25, -0.2) is 4.68 Å². The number of nitro benzene ring substituents is 1. The van der Waals surface area contributed by atoms with Crippen LogP contribution in [0, 0.1) is 17.0 Å². The van der Waals surface area contributed by atoms with Gasteiger partial charge in [0.15, 0.2) is 5.82 Å². The molecule has 0 saturated carbocycles. The van der Waals surface area contributed by atoms with Crippen molar-refractivity contribution in [2.45, 2.75) is 13.5 Å². The summed E-state index contributed by atoms with van der Waals surface area (Å²) in [5.74, 6) is 0.355. The van der Waals surface area contributed by atoms with Crippen molar-refractivity contribution in [1.82, 2.24) is 15.0 Å². The van der Waals surface area contributed by atoms with E-state index in [1.54, 1.807) is 17.7 Å². The minimum atomic E-state index is -0.492. The van der Waals surface area contributed by atoms with Crippen molar-refractivity contribution >= 4 is 23.1 Å². The molecule has 0 unspecified atom stereocenters. The second kappa shape index (κ2) is 4.61. The van der Waals surface area contributed by atoms with Crippen LogP contribution in [-0.4, -0.2) is 19.9 Å². The fraction of sp³-hybridized carbons (Fsp3) is 0.200. The van der Waals surface area contributed by atoms with Gasteiger partial charge in [0, 0.05) is 12.1 Å². The normalized spacial score (nSPS) is 10.6. The number of aromatic nitrogens is 3. The van der Waals surface area contributed by atoms with E-state index in [2.05, 4.69) is 10.3 Å². The van der Waals surface area contributed by atoms with Crippen molar-refractivity contribution in [2.75, 3.05) is 5.73 Å². The van der Waals surface area contributed by atoms with E-state index in [9.17, 15) is 10.1 Å². The van der Waals surface area contributed by atoms with Crippen molar-refractivity contribution < 1.29 is 4.92 Å². The summed E-state index contributed by atoms with van der Waals surface area (Å²) in [7, 11) is 0. The molecule has 1 heterocycles. The lowest BCUT2D eigenvalue weighted by atomic mass is 10.2. The Kier molecular flexibility index (Phi) is 3.15. The number of non-ortho nitro benzene ring substituents is 1. The van der Waals surface area contributed by atoms with E-state index in [0.717, 1.165) is 11.3 Å². The highest BCUT2D eigenvalue weighted by atomic mass is 35.5. The molecule has 0 radical (unpaired) electrons. The molecule has 0 aliphatic rings. The smallest absolute Gasteiger partial charge is 0.270 e. The van der Waals surface area contributed by atoms with Crippen LogP contribution in [0.5, 0.6) is 0 Å². The van der Waals surface area contributed by atoms with Crippen molar-refractivity contribution in [1.29, 1.82) is 0 Å². The third kappa shape index (κ3) is 2.25. The number of nitrogens with two attached hydrogens (primary N) is 1. The van der Waals surface area contributed by atoms with Gasteiger partial charge in [-0.3, -0.25) is 10.1 Å². The zero-order valence-corrected chi connectivity index (χ0v) is 10.3. The summed E-state index contributed by atoms with van der Waals surface area (Å²) in [6.45, 7) is 2.15. The van der Waals surface area contributed by atoms with E-state index < -0.39 is 4.92 Å². The summed E-state index contributed by atoms with van der Waals surface area (Å²) in [4.78, 5) is 10.1. The molecule has 2 N–H and O–H groups in total. The molecule has 7 nitrogen and oxygen atoms in total. The Bertz CT molecular complexity index is 610. The van der Waals surface area contributed by atoms with Crippen LogP contribution in [0.3, 0.4) is 0 Å². The zero-order valence-electron chi connectivity index (χ0n) is 9.50. The van der Waals surface area contributed by atoms with Crippen LogP contribution >= 0.6 is 11.6 Å². The minimum absolute atomic E-state index is 0.0430. The van der Waals surface area contributed by atoms with Crippen molar-refractivity contribution in [3.05, 3.63) is 44.6 Å². The molecular weight excluding hydrogens is 258 g/mol. The lowest BCUT2D eigenvalue weighted by molar-refractivity contribution is -0.384. The number of nitro groups is 1. The van der Waals surface area contributed by atoms with Gasteiger partial charge in [0.2, 0.25) is 0 Å². The number of halogens is 1. The molecule has 0 bridgehead atoms. The molecular formula is C10H10ClN5O2. The van der Waals surface area contributed by atoms with Gasteiger partial charge in [-0.05, 0) is 18.6 Å². The van der Waals surface area contributed by atoms with Crippen LogP contribution < -0.4 is 5.73 Å². The monoisotopic (exact) mass is 267 g/mol. The van der Waals surface area contributed by atoms with E-state index in [4.69, 9.17) is 17.3 Å². The SMILES string of the molecule is Cc1c(N)nnn1Cc1ccc([N+](=O)[O-])cc1Cl. The average Bonchev–Trinajstić information content (AvgIpc) is 2.63. The van der Waals surface area contributed by atoms with E-state index >= 15 is 0 Å².